The molecule has 0 bridgehead atoms. The lowest BCUT2D eigenvalue weighted by Crippen LogP contribution is -2.23. The minimum Gasteiger partial charge on any atom is -0.299 e. The minimum atomic E-state index is 0.371. The van der Waals surface area contributed by atoms with E-state index in [2.05, 4.69) is 31.2 Å². The second-order valence-corrected chi connectivity index (χ2v) is 4.44. The van der Waals surface area contributed by atoms with Crippen LogP contribution >= 0.6 is 0 Å². The van der Waals surface area contributed by atoms with E-state index in [0.29, 0.717) is 18.1 Å². The van der Waals surface area contributed by atoms with Crippen LogP contribution in [0.3, 0.4) is 0 Å². The summed E-state index contributed by atoms with van der Waals surface area (Å²) in [6.45, 7) is 2.15. The second kappa shape index (κ2) is 4.61. The van der Waals surface area contributed by atoms with Crippen molar-refractivity contribution in [1.29, 1.82) is 0 Å². The van der Waals surface area contributed by atoms with Gasteiger partial charge in [-0.3, -0.25) is 4.79 Å². The number of carbonyl (C=O) groups excluding carboxylic acids is 1. The number of hydrogen-bond donors (Lipinski definition) is 0. The predicted molar refractivity (Wildman–Crippen MR) is 61.9 cm³/mol. The highest BCUT2D eigenvalue weighted by Crippen LogP contribution is 2.28. The molecule has 2 rings (SSSR count). The van der Waals surface area contributed by atoms with Crippen molar-refractivity contribution in [2.75, 3.05) is 0 Å². The lowest BCUT2D eigenvalue weighted by Gasteiger charge is -2.23. The Labute approximate surface area is 91.5 Å². The zero-order chi connectivity index (χ0) is 10.7. The van der Waals surface area contributed by atoms with E-state index in [-0.39, 0.29) is 0 Å². The third kappa shape index (κ3) is 2.47. The SMILES string of the molecule is CCc1ccc(CC(=O)C2CCC2)cc1. The molecule has 1 nitrogen and oxygen atoms in total. The molecule has 0 saturated heterocycles. The smallest absolute Gasteiger partial charge is 0.140 e. The largest absolute Gasteiger partial charge is 0.299 e. The Kier molecular flexibility index (Phi) is 3.20. The molecular weight excluding hydrogens is 184 g/mol. The number of hydrogen-bond acceptors (Lipinski definition) is 1. The van der Waals surface area contributed by atoms with Crippen molar-refractivity contribution in [2.45, 2.75) is 39.0 Å². The standard InChI is InChI=1S/C14H18O/c1-2-11-6-8-12(9-7-11)10-14(15)13-4-3-5-13/h6-9,13H,2-5,10H2,1H3. The maximum absolute atomic E-state index is 11.7. The van der Waals surface area contributed by atoms with E-state index >= 15 is 0 Å². The predicted octanol–water partition coefficient (Wildman–Crippen LogP) is 3.16. The van der Waals surface area contributed by atoms with Crippen LogP contribution in [-0.2, 0) is 17.6 Å². The van der Waals surface area contributed by atoms with Crippen LogP contribution < -0.4 is 0 Å². The van der Waals surface area contributed by atoms with Crippen LogP contribution in [0.2, 0.25) is 0 Å². The van der Waals surface area contributed by atoms with E-state index in [1.54, 1.807) is 0 Å². The summed E-state index contributed by atoms with van der Waals surface area (Å²) in [5.41, 5.74) is 2.51. The molecular formula is C14H18O. The number of benzene rings is 1. The van der Waals surface area contributed by atoms with E-state index in [4.69, 9.17) is 0 Å². The fourth-order valence-corrected chi connectivity index (χ4v) is 1.97. The Morgan fingerprint density at radius 1 is 1.20 bits per heavy atom. The first-order chi connectivity index (χ1) is 7.29. The molecule has 15 heavy (non-hydrogen) atoms. The Balaban J connectivity index is 1.94. The van der Waals surface area contributed by atoms with Gasteiger partial charge in [-0.1, -0.05) is 37.6 Å². The van der Waals surface area contributed by atoms with Crippen molar-refractivity contribution < 1.29 is 4.79 Å². The van der Waals surface area contributed by atoms with Gasteiger partial charge in [0.2, 0.25) is 0 Å². The number of Topliss-reactive ketones (excluding diaryl/α,β-unsaturated/α-hetero) is 1. The van der Waals surface area contributed by atoms with Crippen molar-refractivity contribution in [3.63, 3.8) is 0 Å². The summed E-state index contributed by atoms with van der Waals surface area (Å²) in [5, 5.41) is 0. The number of ketones is 1. The van der Waals surface area contributed by atoms with Crippen LogP contribution in [0.5, 0.6) is 0 Å². The zero-order valence-electron chi connectivity index (χ0n) is 9.33. The van der Waals surface area contributed by atoms with Gasteiger partial charge in [0.15, 0.2) is 0 Å². The number of carbonyl (C=O) groups is 1. The van der Waals surface area contributed by atoms with E-state index in [0.717, 1.165) is 19.3 Å². The fraction of sp³-hybridized carbons (Fsp3) is 0.500. The van der Waals surface area contributed by atoms with Gasteiger partial charge in [0.1, 0.15) is 5.78 Å². The van der Waals surface area contributed by atoms with Gasteiger partial charge in [-0.2, -0.15) is 0 Å². The van der Waals surface area contributed by atoms with Crippen molar-refractivity contribution >= 4 is 5.78 Å². The van der Waals surface area contributed by atoms with Crippen LogP contribution in [0.25, 0.3) is 0 Å². The highest BCUT2D eigenvalue weighted by molar-refractivity contribution is 5.83. The zero-order valence-corrected chi connectivity index (χ0v) is 9.33. The van der Waals surface area contributed by atoms with E-state index in [1.807, 2.05) is 0 Å². The summed E-state index contributed by atoms with van der Waals surface area (Å²) in [5.74, 6) is 0.807. The van der Waals surface area contributed by atoms with Crippen LogP contribution in [0.4, 0.5) is 0 Å². The molecule has 0 N–H and O–H groups in total. The first kappa shape index (κ1) is 10.4. The minimum absolute atomic E-state index is 0.371. The molecule has 0 aromatic heterocycles. The first-order valence-electron chi connectivity index (χ1n) is 5.90. The van der Waals surface area contributed by atoms with Crippen LogP contribution in [0.15, 0.2) is 24.3 Å². The van der Waals surface area contributed by atoms with Crippen molar-refractivity contribution in [3.8, 4) is 0 Å². The Morgan fingerprint density at radius 3 is 2.27 bits per heavy atom. The van der Waals surface area contributed by atoms with Crippen LogP contribution in [0, 0.1) is 5.92 Å². The van der Waals surface area contributed by atoms with E-state index < -0.39 is 0 Å². The quantitative estimate of drug-likeness (QED) is 0.733. The molecule has 1 aliphatic rings. The van der Waals surface area contributed by atoms with E-state index in [9.17, 15) is 4.79 Å². The fourth-order valence-electron chi connectivity index (χ4n) is 1.97. The van der Waals surface area contributed by atoms with Crippen LogP contribution in [0.1, 0.15) is 37.3 Å². The molecule has 1 aliphatic carbocycles. The third-order valence-corrected chi connectivity index (χ3v) is 3.37. The molecule has 0 heterocycles. The molecule has 0 unspecified atom stereocenters. The third-order valence-electron chi connectivity index (χ3n) is 3.37. The lowest BCUT2D eigenvalue weighted by atomic mass is 9.80. The van der Waals surface area contributed by atoms with Gasteiger partial charge in [-0.25, -0.2) is 0 Å². The average molecular weight is 202 g/mol. The topological polar surface area (TPSA) is 17.1 Å². The monoisotopic (exact) mass is 202 g/mol. The molecule has 1 fully saturated rings. The van der Waals surface area contributed by atoms with Crippen molar-refractivity contribution in [1.82, 2.24) is 0 Å². The summed E-state index contributed by atoms with van der Waals surface area (Å²) < 4.78 is 0. The molecule has 0 radical (unpaired) electrons. The highest BCUT2D eigenvalue weighted by atomic mass is 16.1. The Morgan fingerprint density at radius 2 is 1.80 bits per heavy atom. The summed E-state index contributed by atoms with van der Waals surface area (Å²) in [6, 6.07) is 8.44. The van der Waals surface area contributed by atoms with Crippen molar-refractivity contribution in [2.24, 2.45) is 5.92 Å². The Bertz CT molecular complexity index is 333. The lowest BCUT2D eigenvalue weighted by molar-refractivity contribution is -0.124. The first-order valence-corrected chi connectivity index (χ1v) is 5.90. The maximum atomic E-state index is 11.7. The van der Waals surface area contributed by atoms with Gasteiger partial charge >= 0.3 is 0 Å². The normalized spacial score (nSPS) is 16.1. The van der Waals surface area contributed by atoms with Gasteiger partial charge in [0.05, 0.1) is 0 Å². The second-order valence-electron chi connectivity index (χ2n) is 4.44. The molecule has 0 aliphatic heterocycles. The van der Waals surface area contributed by atoms with Crippen LogP contribution in [-0.4, -0.2) is 5.78 Å². The molecule has 0 amide bonds. The number of rotatable bonds is 4. The van der Waals surface area contributed by atoms with Gasteiger partial charge in [0, 0.05) is 12.3 Å². The molecule has 1 heteroatoms. The van der Waals surface area contributed by atoms with Gasteiger partial charge in [-0.15, -0.1) is 0 Å². The van der Waals surface area contributed by atoms with E-state index in [1.165, 1.54) is 17.5 Å². The van der Waals surface area contributed by atoms with Gasteiger partial charge in [-0.05, 0) is 30.4 Å². The summed E-state index contributed by atoms with van der Waals surface area (Å²) in [6.07, 6.45) is 5.18. The molecule has 0 spiro atoms. The van der Waals surface area contributed by atoms with Gasteiger partial charge in [0.25, 0.3) is 0 Å². The summed E-state index contributed by atoms with van der Waals surface area (Å²) >= 11 is 0. The molecule has 80 valence electrons. The van der Waals surface area contributed by atoms with Crippen molar-refractivity contribution in [3.05, 3.63) is 35.4 Å². The molecule has 0 atom stereocenters. The maximum Gasteiger partial charge on any atom is 0.140 e. The van der Waals surface area contributed by atoms with Gasteiger partial charge < -0.3 is 0 Å². The molecule has 1 aromatic rings. The molecule has 1 saturated carbocycles. The number of aryl methyl sites for hydroxylation is 1. The summed E-state index contributed by atoms with van der Waals surface area (Å²) in [4.78, 5) is 11.7. The highest BCUT2D eigenvalue weighted by Gasteiger charge is 2.24. The summed E-state index contributed by atoms with van der Waals surface area (Å²) in [7, 11) is 0. The Hall–Kier alpha value is -1.11. The molecule has 1 aromatic carbocycles. The average Bonchev–Trinajstić information content (AvgIpc) is 2.16.